The number of likely N-dealkylation sites (tertiary alicyclic amines) is 1. The summed E-state index contributed by atoms with van der Waals surface area (Å²) < 4.78 is 10.5. The number of alkyl carbamates (subject to hydrolysis) is 1. The van der Waals surface area contributed by atoms with E-state index in [9.17, 15) is 14.4 Å². The molecular formula is C22H36N2O5. The molecule has 2 saturated carbocycles. The van der Waals surface area contributed by atoms with Gasteiger partial charge in [0.1, 0.15) is 17.7 Å². The maximum absolute atomic E-state index is 13.6. The van der Waals surface area contributed by atoms with Gasteiger partial charge in [0.15, 0.2) is 0 Å². The van der Waals surface area contributed by atoms with Crippen molar-refractivity contribution >= 4 is 18.0 Å². The van der Waals surface area contributed by atoms with E-state index in [0.717, 1.165) is 32.1 Å². The number of nitrogens with zero attached hydrogens (tertiary/aromatic N) is 1. The third-order valence-electron chi connectivity index (χ3n) is 6.99. The number of hydrogen-bond donors (Lipinski definition) is 1. The maximum atomic E-state index is 13.6. The predicted octanol–water partition coefficient (Wildman–Crippen LogP) is 3.12. The third kappa shape index (κ3) is 4.38. The van der Waals surface area contributed by atoms with Gasteiger partial charge in [0.05, 0.1) is 7.11 Å². The molecular weight excluding hydrogens is 372 g/mol. The van der Waals surface area contributed by atoms with Crippen molar-refractivity contribution in [3.63, 3.8) is 0 Å². The normalized spacial score (nSPS) is 29.6. The Balaban J connectivity index is 1.80. The molecule has 4 atom stereocenters. The van der Waals surface area contributed by atoms with E-state index < -0.39 is 23.8 Å². The van der Waals surface area contributed by atoms with Gasteiger partial charge in [-0.25, -0.2) is 9.59 Å². The summed E-state index contributed by atoms with van der Waals surface area (Å²) >= 11 is 0. The van der Waals surface area contributed by atoms with Crippen LogP contribution < -0.4 is 5.32 Å². The van der Waals surface area contributed by atoms with Crippen LogP contribution in [-0.4, -0.2) is 54.2 Å². The summed E-state index contributed by atoms with van der Waals surface area (Å²) in [6.07, 6.45) is 4.44. The topological polar surface area (TPSA) is 84.9 Å². The fourth-order valence-corrected chi connectivity index (χ4v) is 5.37. The standard InChI is InChI=1S/C22H36N2O5/c1-21(2,3)29-20(27)23-16(13-10-8-7-9-11-13)18(25)24-12-14-15(22(14,4)5)17(24)19(26)28-6/h13-17H,7-12H2,1-6H3,(H,23,27)/t14?,15?,16-,17-/m0/s1. The Bertz CT molecular complexity index is 663. The Labute approximate surface area is 173 Å². The van der Waals surface area contributed by atoms with Crippen LogP contribution in [0.1, 0.15) is 66.7 Å². The number of piperidine rings is 1. The number of ether oxygens (including phenoxy) is 2. The Morgan fingerprint density at radius 1 is 1.10 bits per heavy atom. The van der Waals surface area contributed by atoms with Gasteiger partial charge in [-0.15, -0.1) is 0 Å². The number of hydrogen-bond acceptors (Lipinski definition) is 5. The van der Waals surface area contributed by atoms with E-state index in [1.807, 2.05) is 0 Å². The number of amides is 2. The molecule has 1 heterocycles. The quantitative estimate of drug-likeness (QED) is 0.723. The molecule has 1 aliphatic heterocycles. The highest BCUT2D eigenvalue weighted by Crippen LogP contribution is 2.65. The molecule has 3 aliphatic rings. The second-order valence-electron chi connectivity index (χ2n) is 10.4. The van der Waals surface area contributed by atoms with Gasteiger partial charge in [-0.2, -0.15) is 0 Å². The Morgan fingerprint density at radius 2 is 1.72 bits per heavy atom. The summed E-state index contributed by atoms with van der Waals surface area (Å²) in [6, 6.07) is -1.24. The molecule has 0 spiro atoms. The lowest BCUT2D eigenvalue weighted by atomic mass is 9.83. The zero-order valence-electron chi connectivity index (χ0n) is 18.6. The van der Waals surface area contributed by atoms with E-state index >= 15 is 0 Å². The molecule has 2 unspecified atom stereocenters. The second-order valence-corrected chi connectivity index (χ2v) is 10.4. The van der Waals surface area contributed by atoms with Crippen LogP contribution in [0.15, 0.2) is 0 Å². The van der Waals surface area contributed by atoms with Crippen LogP contribution in [-0.2, 0) is 19.1 Å². The van der Waals surface area contributed by atoms with Crippen molar-refractivity contribution in [1.82, 2.24) is 10.2 Å². The summed E-state index contributed by atoms with van der Waals surface area (Å²) in [5.41, 5.74) is -0.605. The fourth-order valence-electron chi connectivity index (χ4n) is 5.37. The number of carbonyl (C=O) groups excluding carboxylic acids is 3. The van der Waals surface area contributed by atoms with Gasteiger partial charge < -0.3 is 19.7 Å². The van der Waals surface area contributed by atoms with Gasteiger partial charge in [-0.3, -0.25) is 4.79 Å². The number of fused-ring (bicyclic) bond motifs is 1. The van der Waals surface area contributed by atoms with Gasteiger partial charge in [-0.05, 0) is 50.9 Å². The van der Waals surface area contributed by atoms with Crippen molar-refractivity contribution in [2.75, 3.05) is 13.7 Å². The first-order chi connectivity index (χ1) is 13.5. The summed E-state index contributed by atoms with van der Waals surface area (Å²) in [4.78, 5) is 40.3. The van der Waals surface area contributed by atoms with E-state index in [2.05, 4.69) is 19.2 Å². The molecule has 2 aliphatic carbocycles. The average Bonchev–Trinajstić information content (AvgIpc) is 3.00. The predicted molar refractivity (Wildman–Crippen MR) is 108 cm³/mol. The van der Waals surface area contributed by atoms with Crippen LogP contribution in [0.3, 0.4) is 0 Å². The number of methoxy groups -OCH3 is 1. The van der Waals surface area contributed by atoms with E-state index in [4.69, 9.17) is 9.47 Å². The largest absolute Gasteiger partial charge is 0.467 e. The molecule has 0 bridgehead atoms. The summed E-state index contributed by atoms with van der Waals surface area (Å²) in [5.74, 6) is -0.0687. The molecule has 1 N–H and O–H groups in total. The molecule has 3 fully saturated rings. The van der Waals surface area contributed by atoms with E-state index in [1.54, 1.807) is 25.7 Å². The minimum atomic E-state index is -0.669. The molecule has 0 aromatic carbocycles. The minimum absolute atomic E-state index is 0.0363. The van der Waals surface area contributed by atoms with Crippen molar-refractivity contribution < 1.29 is 23.9 Å². The Kier molecular flexibility index (Phi) is 5.89. The fraction of sp³-hybridized carbons (Fsp3) is 0.864. The number of esters is 1. The number of rotatable bonds is 4. The number of nitrogens with one attached hydrogen (secondary N) is 1. The molecule has 0 aromatic rings. The van der Waals surface area contributed by atoms with Gasteiger partial charge in [-0.1, -0.05) is 33.1 Å². The molecule has 2 amide bonds. The lowest BCUT2D eigenvalue weighted by Gasteiger charge is -2.36. The van der Waals surface area contributed by atoms with Gasteiger partial charge in [0, 0.05) is 12.5 Å². The molecule has 164 valence electrons. The zero-order valence-corrected chi connectivity index (χ0v) is 18.6. The molecule has 1 saturated heterocycles. The van der Waals surface area contributed by atoms with Crippen molar-refractivity contribution in [1.29, 1.82) is 0 Å². The molecule has 7 heteroatoms. The lowest BCUT2D eigenvalue weighted by Crippen LogP contribution is -2.57. The highest BCUT2D eigenvalue weighted by Gasteiger charge is 2.70. The number of carbonyl (C=O) groups is 3. The summed E-state index contributed by atoms with van der Waals surface area (Å²) in [7, 11) is 1.37. The summed E-state index contributed by atoms with van der Waals surface area (Å²) in [6.45, 7) is 10.2. The average molecular weight is 409 g/mol. The molecule has 0 radical (unpaired) electrons. The van der Waals surface area contributed by atoms with Crippen molar-refractivity contribution in [3.8, 4) is 0 Å². The highest BCUT2D eigenvalue weighted by molar-refractivity contribution is 5.91. The van der Waals surface area contributed by atoms with Crippen molar-refractivity contribution in [2.45, 2.75) is 84.4 Å². The van der Waals surface area contributed by atoms with Gasteiger partial charge in [0.2, 0.25) is 5.91 Å². The SMILES string of the molecule is COC(=O)[C@@H]1C2C(CN1C(=O)[C@@H](NC(=O)OC(C)(C)C)C1CCCCC1)C2(C)C. The Morgan fingerprint density at radius 3 is 2.28 bits per heavy atom. The van der Waals surface area contributed by atoms with Crippen molar-refractivity contribution in [3.05, 3.63) is 0 Å². The first-order valence-electron chi connectivity index (χ1n) is 10.8. The van der Waals surface area contributed by atoms with Crippen LogP contribution in [0.2, 0.25) is 0 Å². The highest BCUT2D eigenvalue weighted by atomic mass is 16.6. The van der Waals surface area contributed by atoms with Crippen LogP contribution in [0.4, 0.5) is 4.79 Å². The monoisotopic (exact) mass is 408 g/mol. The molecule has 29 heavy (non-hydrogen) atoms. The van der Waals surface area contributed by atoms with Crippen LogP contribution in [0, 0.1) is 23.2 Å². The van der Waals surface area contributed by atoms with Crippen LogP contribution >= 0.6 is 0 Å². The molecule has 3 rings (SSSR count). The molecule has 0 aromatic heterocycles. The van der Waals surface area contributed by atoms with Crippen LogP contribution in [0.25, 0.3) is 0 Å². The van der Waals surface area contributed by atoms with Gasteiger partial charge >= 0.3 is 12.1 Å². The molecule has 7 nitrogen and oxygen atoms in total. The Hall–Kier alpha value is -1.79. The van der Waals surface area contributed by atoms with Crippen LogP contribution in [0.5, 0.6) is 0 Å². The minimum Gasteiger partial charge on any atom is -0.467 e. The first kappa shape index (κ1) is 21.9. The van der Waals surface area contributed by atoms with E-state index in [1.165, 1.54) is 7.11 Å². The smallest absolute Gasteiger partial charge is 0.408 e. The van der Waals surface area contributed by atoms with E-state index in [0.29, 0.717) is 12.5 Å². The van der Waals surface area contributed by atoms with E-state index in [-0.39, 0.29) is 29.1 Å². The maximum Gasteiger partial charge on any atom is 0.408 e. The first-order valence-corrected chi connectivity index (χ1v) is 10.8. The second kappa shape index (κ2) is 7.80. The lowest BCUT2D eigenvalue weighted by molar-refractivity contribution is -0.154. The zero-order chi connectivity index (χ0) is 21.6. The van der Waals surface area contributed by atoms with Crippen molar-refractivity contribution in [2.24, 2.45) is 23.2 Å². The third-order valence-corrected chi connectivity index (χ3v) is 6.99. The summed E-state index contributed by atoms with van der Waals surface area (Å²) in [5, 5.41) is 2.84. The van der Waals surface area contributed by atoms with Gasteiger partial charge in [0.25, 0.3) is 0 Å².